The number of aromatic nitrogens is 2. The number of halogens is 2. The summed E-state index contributed by atoms with van der Waals surface area (Å²) in [6, 6.07) is 8.11. The Balaban J connectivity index is 2.30. The predicted molar refractivity (Wildman–Crippen MR) is 72.3 cm³/mol. The van der Waals surface area contributed by atoms with Crippen LogP contribution in [0.25, 0.3) is 0 Å². The van der Waals surface area contributed by atoms with Crippen molar-refractivity contribution in [2.75, 3.05) is 5.73 Å². The Hall–Kier alpha value is -0.810. The highest BCUT2D eigenvalue weighted by molar-refractivity contribution is 9.11. The molecule has 16 heavy (non-hydrogen) atoms. The molecule has 3 nitrogen and oxygen atoms in total. The highest BCUT2D eigenvalue weighted by atomic mass is 79.9. The lowest BCUT2D eigenvalue weighted by molar-refractivity contribution is 0.689. The molecule has 84 valence electrons. The molecule has 0 fully saturated rings. The molecule has 0 saturated carbocycles. The predicted octanol–water partition coefficient (Wildman–Crippen LogP) is 3.35. The molecule has 1 aromatic carbocycles. The zero-order chi connectivity index (χ0) is 11.7. The molecule has 0 bridgehead atoms. The molecule has 2 aromatic rings. The van der Waals surface area contributed by atoms with Crippen LogP contribution in [0.5, 0.6) is 0 Å². The first-order valence-corrected chi connectivity index (χ1v) is 6.39. The maximum atomic E-state index is 5.93. The first kappa shape index (κ1) is 11.7. The van der Waals surface area contributed by atoms with Gasteiger partial charge in [-0.15, -0.1) is 0 Å². The van der Waals surface area contributed by atoms with Gasteiger partial charge in [0.1, 0.15) is 5.82 Å². The molecule has 0 saturated heterocycles. The molecular weight excluding hydrogens is 334 g/mol. The number of anilines is 1. The Morgan fingerprint density at radius 3 is 2.69 bits per heavy atom. The lowest BCUT2D eigenvalue weighted by Gasteiger charge is -2.04. The number of nitrogens with two attached hydrogens (primary N) is 1. The second kappa shape index (κ2) is 4.59. The Morgan fingerprint density at radius 2 is 2.12 bits per heavy atom. The minimum absolute atomic E-state index is 0.664. The van der Waals surface area contributed by atoms with E-state index in [9.17, 15) is 0 Å². The van der Waals surface area contributed by atoms with Crippen LogP contribution in [0.3, 0.4) is 0 Å². The van der Waals surface area contributed by atoms with Crippen molar-refractivity contribution >= 4 is 37.7 Å². The van der Waals surface area contributed by atoms with Crippen LogP contribution in [0.15, 0.2) is 33.2 Å². The summed E-state index contributed by atoms with van der Waals surface area (Å²) in [6.07, 6.45) is 0. The van der Waals surface area contributed by atoms with Crippen molar-refractivity contribution in [3.8, 4) is 0 Å². The van der Waals surface area contributed by atoms with Crippen molar-refractivity contribution < 1.29 is 0 Å². The van der Waals surface area contributed by atoms with Crippen molar-refractivity contribution in [3.05, 3.63) is 44.5 Å². The van der Waals surface area contributed by atoms with Gasteiger partial charge in [-0.3, -0.25) is 0 Å². The van der Waals surface area contributed by atoms with E-state index in [1.54, 1.807) is 4.68 Å². The average molecular weight is 345 g/mol. The zero-order valence-electron chi connectivity index (χ0n) is 8.74. The first-order chi connectivity index (χ1) is 7.58. The molecule has 0 amide bonds. The van der Waals surface area contributed by atoms with E-state index < -0.39 is 0 Å². The van der Waals surface area contributed by atoms with E-state index in [4.69, 9.17) is 5.73 Å². The van der Waals surface area contributed by atoms with Gasteiger partial charge < -0.3 is 5.73 Å². The molecule has 1 aromatic heterocycles. The van der Waals surface area contributed by atoms with Gasteiger partial charge in [0.05, 0.1) is 16.7 Å². The quantitative estimate of drug-likeness (QED) is 0.907. The fourth-order valence-corrected chi connectivity index (χ4v) is 2.24. The highest BCUT2D eigenvalue weighted by Gasteiger charge is 2.09. The summed E-state index contributed by atoms with van der Waals surface area (Å²) in [5.74, 6) is 0.664. The largest absolute Gasteiger partial charge is 0.383 e. The summed E-state index contributed by atoms with van der Waals surface area (Å²) in [6.45, 7) is 2.61. The van der Waals surface area contributed by atoms with Crippen LogP contribution < -0.4 is 5.73 Å². The molecule has 0 aliphatic carbocycles. The average Bonchev–Trinajstić information content (AvgIpc) is 2.47. The Kier molecular flexibility index (Phi) is 3.35. The Labute approximate surface area is 111 Å². The van der Waals surface area contributed by atoms with Crippen LogP contribution in [0.2, 0.25) is 0 Å². The minimum Gasteiger partial charge on any atom is -0.383 e. The fourth-order valence-electron chi connectivity index (χ4n) is 1.51. The van der Waals surface area contributed by atoms with Crippen molar-refractivity contribution in [1.82, 2.24) is 9.78 Å². The number of hydrogen-bond donors (Lipinski definition) is 1. The van der Waals surface area contributed by atoms with Crippen LogP contribution in [0.4, 0.5) is 5.82 Å². The SMILES string of the molecule is Cc1nn(Cc2cccc(Br)c2)c(N)c1Br. The first-order valence-electron chi connectivity index (χ1n) is 4.81. The topological polar surface area (TPSA) is 43.8 Å². The Bertz CT molecular complexity index is 520. The van der Waals surface area contributed by atoms with Crippen molar-refractivity contribution in [2.24, 2.45) is 0 Å². The van der Waals surface area contributed by atoms with Crippen LogP contribution in [-0.4, -0.2) is 9.78 Å². The van der Waals surface area contributed by atoms with E-state index >= 15 is 0 Å². The third-order valence-corrected chi connectivity index (χ3v) is 3.79. The van der Waals surface area contributed by atoms with E-state index in [0.29, 0.717) is 12.4 Å². The third kappa shape index (κ3) is 2.30. The number of nitrogen functional groups attached to an aromatic ring is 1. The molecular formula is C11H11Br2N3. The second-order valence-electron chi connectivity index (χ2n) is 3.57. The number of hydrogen-bond acceptors (Lipinski definition) is 2. The van der Waals surface area contributed by atoms with Crippen molar-refractivity contribution in [1.29, 1.82) is 0 Å². The van der Waals surface area contributed by atoms with E-state index in [-0.39, 0.29) is 0 Å². The number of aryl methyl sites for hydroxylation is 1. The van der Waals surface area contributed by atoms with Gasteiger partial charge in [0.15, 0.2) is 0 Å². The molecule has 0 aliphatic heterocycles. The maximum Gasteiger partial charge on any atom is 0.136 e. The molecule has 0 atom stereocenters. The van der Waals surface area contributed by atoms with Gasteiger partial charge in [-0.25, -0.2) is 4.68 Å². The second-order valence-corrected chi connectivity index (χ2v) is 5.28. The van der Waals surface area contributed by atoms with Crippen molar-refractivity contribution in [3.63, 3.8) is 0 Å². The number of nitrogens with zero attached hydrogens (tertiary/aromatic N) is 2. The van der Waals surface area contributed by atoms with E-state index in [1.165, 1.54) is 0 Å². The van der Waals surface area contributed by atoms with Gasteiger partial charge in [0, 0.05) is 4.47 Å². The molecule has 0 spiro atoms. The van der Waals surface area contributed by atoms with Gasteiger partial charge in [-0.1, -0.05) is 28.1 Å². The summed E-state index contributed by atoms with van der Waals surface area (Å²) >= 11 is 6.85. The zero-order valence-corrected chi connectivity index (χ0v) is 11.9. The normalized spacial score (nSPS) is 10.7. The monoisotopic (exact) mass is 343 g/mol. The van der Waals surface area contributed by atoms with E-state index in [0.717, 1.165) is 20.2 Å². The van der Waals surface area contributed by atoms with E-state index in [1.807, 2.05) is 19.1 Å². The molecule has 2 N–H and O–H groups in total. The molecule has 0 aliphatic rings. The summed E-state index contributed by atoms with van der Waals surface area (Å²) in [7, 11) is 0. The van der Waals surface area contributed by atoms with Crippen molar-refractivity contribution in [2.45, 2.75) is 13.5 Å². The van der Waals surface area contributed by atoms with Crippen LogP contribution in [0.1, 0.15) is 11.3 Å². The van der Waals surface area contributed by atoms with Crippen LogP contribution in [-0.2, 0) is 6.54 Å². The highest BCUT2D eigenvalue weighted by Crippen LogP contribution is 2.24. The Morgan fingerprint density at radius 1 is 1.38 bits per heavy atom. The smallest absolute Gasteiger partial charge is 0.136 e. The molecule has 0 radical (unpaired) electrons. The van der Waals surface area contributed by atoms with Gasteiger partial charge in [0.2, 0.25) is 0 Å². The summed E-state index contributed by atoms with van der Waals surface area (Å²) in [5.41, 5.74) is 8.00. The lowest BCUT2D eigenvalue weighted by Crippen LogP contribution is -2.05. The molecule has 1 heterocycles. The molecule has 2 rings (SSSR count). The van der Waals surface area contributed by atoms with Gasteiger partial charge in [-0.2, -0.15) is 5.10 Å². The third-order valence-electron chi connectivity index (χ3n) is 2.31. The van der Waals surface area contributed by atoms with Crippen LogP contribution >= 0.6 is 31.9 Å². The minimum atomic E-state index is 0.664. The fraction of sp³-hybridized carbons (Fsp3) is 0.182. The van der Waals surface area contributed by atoms with Gasteiger partial charge >= 0.3 is 0 Å². The molecule has 5 heteroatoms. The number of rotatable bonds is 2. The standard InChI is InChI=1S/C11H11Br2N3/c1-7-10(13)11(14)16(15-7)6-8-3-2-4-9(12)5-8/h2-5H,6,14H2,1H3. The van der Waals surface area contributed by atoms with E-state index in [2.05, 4.69) is 49.1 Å². The van der Waals surface area contributed by atoms with Gasteiger partial charge in [-0.05, 0) is 40.5 Å². The summed E-state index contributed by atoms with van der Waals surface area (Å²) < 4.78 is 3.73. The van der Waals surface area contributed by atoms with Gasteiger partial charge in [0.25, 0.3) is 0 Å². The summed E-state index contributed by atoms with van der Waals surface area (Å²) in [5, 5.41) is 4.36. The number of benzene rings is 1. The van der Waals surface area contributed by atoms with Crippen LogP contribution in [0, 0.1) is 6.92 Å². The lowest BCUT2D eigenvalue weighted by atomic mass is 10.2. The summed E-state index contributed by atoms with van der Waals surface area (Å²) in [4.78, 5) is 0. The molecule has 0 unspecified atom stereocenters. The maximum absolute atomic E-state index is 5.93.